The van der Waals surface area contributed by atoms with E-state index in [1.54, 1.807) is 0 Å². The van der Waals surface area contributed by atoms with Crippen LogP contribution >= 0.6 is 0 Å². The van der Waals surface area contributed by atoms with Gasteiger partial charge in [0.2, 0.25) is 0 Å². The van der Waals surface area contributed by atoms with Gasteiger partial charge in [-0.2, -0.15) is 0 Å². The zero-order chi connectivity index (χ0) is 9.94. The molecule has 0 spiro atoms. The second kappa shape index (κ2) is 11.1. The minimum absolute atomic E-state index is 1.09. The Balaban J connectivity index is 2.91. The fraction of sp³-hybridized carbons (Fsp3) is 1.00. The molecule has 0 amide bonds. The van der Waals surface area contributed by atoms with E-state index < -0.39 is 0 Å². The maximum atomic E-state index is 2.33. The molecule has 0 aromatic heterocycles. The van der Waals surface area contributed by atoms with Crippen molar-refractivity contribution in [1.82, 2.24) is 0 Å². The molecule has 1 unspecified atom stereocenters. The number of rotatable bonds is 9. The van der Waals surface area contributed by atoms with Crippen molar-refractivity contribution in [2.75, 3.05) is 0 Å². The molecule has 74 valence electrons. The molecule has 0 aliphatic heterocycles. The molecular weight excluding hydrogens is 167 g/mol. The van der Waals surface area contributed by atoms with E-state index in [2.05, 4.69) is 13.8 Å². The van der Waals surface area contributed by atoms with E-state index in [0.29, 0.717) is 0 Å². The van der Waals surface area contributed by atoms with Gasteiger partial charge < -0.3 is 0 Å². The van der Waals surface area contributed by atoms with Crippen LogP contribution in [0.15, 0.2) is 0 Å². The Morgan fingerprint density at radius 1 is 0.846 bits per heavy atom. The van der Waals surface area contributed by atoms with E-state index in [4.69, 9.17) is 0 Å². The van der Waals surface area contributed by atoms with Gasteiger partial charge in [-0.15, -0.1) is 0 Å². The fourth-order valence-corrected chi connectivity index (χ4v) is 2.06. The van der Waals surface area contributed by atoms with Crippen LogP contribution in [0.3, 0.4) is 0 Å². The Kier molecular flexibility index (Phi) is 11.9. The van der Waals surface area contributed by atoms with Crippen molar-refractivity contribution in [3.05, 3.63) is 0 Å². The monoisotopic (exact) mass is 192 g/mol. The predicted octanol–water partition coefficient (Wildman–Crippen LogP) is 4.49. The summed E-state index contributed by atoms with van der Waals surface area (Å²) in [4.78, 5) is 0. The van der Waals surface area contributed by atoms with Gasteiger partial charge in [0.15, 0.2) is 0 Å². The van der Waals surface area contributed by atoms with Gasteiger partial charge >= 0.3 is 103 Å². The Bertz CT molecular complexity index is 91.1. The second-order valence-electron chi connectivity index (χ2n) is 4.42. The molecule has 0 rings (SSSR count). The van der Waals surface area contributed by atoms with Crippen molar-refractivity contribution in [2.45, 2.75) is 74.8 Å². The van der Waals surface area contributed by atoms with Crippen LogP contribution in [0.4, 0.5) is 0 Å². The van der Waals surface area contributed by atoms with Crippen molar-refractivity contribution in [2.24, 2.45) is 0 Å². The molecule has 0 aliphatic carbocycles. The standard InChI is InChI=1S/C12H25.Na/c1-3-5-7-9-11-12-10-8-6-4-2;/h5H,3-4,6-12H2,1-2H3;. The van der Waals surface area contributed by atoms with Gasteiger partial charge in [0.1, 0.15) is 0 Å². The normalized spacial score (nSPS) is 13.2. The van der Waals surface area contributed by atoms with E-state index in [1.807, 2.05) is 0 Å². The molecule has 0 aliphatic rings. The topological polar surface area (TPSA) is 0 Å². The molecular formula is C12H25Na. The summed E-state index contributed by atoms with van der Waals surface area (Å²) < 4.78 is 1.09. The van der Waals surface area contributed by atoms with Crippen LogP contribution in [0.25, 0.3) is 0 Å². The molecule has 0 N–H and O–H groups in total. The van der Waals surface area contributed by atoms with Crippen LogP contribution in [-0.2, 0) is 0 Å². The molecule has 0 saturated carbocycles. The van der Waals surface area contributed by atoms with Gasteiger partial charge in [-0.1, -0.05) is 0 Å². The first-order valence-corrected chi connectivity index (χ1v) is 7.46. The number of unbranched alkanes of at least 4 members (excludes halogenated alkanes) is 6. The summed E-state index contributed by atoms with van der Waals surface area (Å²) >= 11 is 1.41. The van der Waals surface area contributed by atoms with Crippen LogP contribution in [0, 0.1) is 0 Å². The third-order valence-corrected chi connectivity index (χ3v) is 4.39. The van der Waals surface area contributed by atoms with Crippen molar-refractivity contribution >= 4 is 27.9 Å². The zero-order valence-electron chi connectivity index (χ0n) is 9.94. The van der Waals surface area contributed by atoms with Crippen molar-refractivity contribution in [3.8, 4) is 0 Å². The molecule has 0 aromatic rings. The van der Waals surface area contributed by atoms with Gasteiger partial charge in [0.25, 0.3) is 0 Å². The second-order valence-corrected chi connectivity index (χ2v) is 6.06. The molecule has 1 heteroatoms. The molecule has 13 heavy (non-hydrogen) atoms. The molecule has 0 fully saturated rings. The van der Waals surface area contributed by atoms with E-state index in [-0.39, 0.29) is 0 Å². The number of hydrogen-bond acceptors (Lipinski definition) is 0. The summed E-state index contributed by atoms with van der Waals surface area (Å²) in [7, 11) is 0. The fourth-order valence-electron chi connectivity index (χ4n) is 1.65. The van der Waals surface area contributed by atoms with Gasteiger partial charge in [-0.05, 0) is 0 Å². The van der Waals surface area contributed by atoms with Gasteiger partial charge in [-0.25, -0.2) is 0 Å². The summed E-state index contributed by atoms with van der Waals surface area (Å²) in [6.07, 6.45) is 13.2. The molecule has 0 radical (unpaired) electrons. The van der Waals surface area contributed by atoms with E-state index in [9.17, 15) is 0 Å². The summed E-state index contributed by atoms with van der Waals surface area (Å²) in [5, 5.41) is 0. The van der Waals surface area contributed by atoms with Gasteiger partial charge in [0.05, 0.1) is 0 Å². The minimum atomic E-state index is 1.09. The van der Waals surface area contributed by atoms with Crippen LogP contribution in [0.5, 0.6) is 0 Å². The predicted molar refractivity (Wildman–Crippen MR) is 62.4 cm³/mol. The summed E-state index contributed by atoms with van der Waals surface area (Å²) in [6, 6.07) is 0. The van der Waals surface area contributed by atoms with Crippen molar-refractivity contribution < 1.29 is 0 Å². The van der Waals surface area contributed by atoms with E-state index in [1.165, 1.54) is 85.7 Å². The van der Waals surface area contributed by atoms with Crippen molar-refractivity contribution in [3.63, 3.8) is 0 Å². The van der Waals surface area contributed by atoms with Crippen molar-refractivity contribution in [1.29, 1.82) is 0 Å². The summed E-state index contributed by atoms with van der Waals surface area (Å²) in [5.74, 6) is 0. The Morgan fingerprint density at radius 3 is 1.92 bits per heavy atom. The van der Waals surface area contributed by atoms with Crippen LogP contribution in [-0.4, -0.2) is 27.9 Å². The zero-order valence-corrected chi connectivity index (χ0v) is 11.9. The Hall–Kier alpha value is 1.00. The molecule has 1 atom stereocenters. The van der Waals surface area contributed by atoms with Crippen LogP contribution < -0.4 is 0 Å². The van der Waals surface area contributed by atoms with Gasteiger partial charge in [0, 0.05) is 0 Å². The summed E-state index contributed by atoms with van der Waals surface area (Å²) in [6.45, 7) is 4.62. The molecule has 0 aromatic carbocycles. The maximum absolute atomic E-state index is 2.33. The third-order valence-electron chi connectivity index (χ3n) is 3.00. The Labute approximate surface area is 102 Å². The Morgan fingerprint density at radius 2 is 1.38 bits per heavy atom. The first-order valence-electron chi connectivity index (χ1n) is 6.31. The first-order chi connectivity index (χ1) is 6.31. The summed E-state index contributed by atoms with van der Waals surface area (Å²) in [5.41, 5.74) is 0. The molecule has 0 saturated heterocycles. The van der Waals surface area contributed by atoms with Gasteiger partial charge in [-0.3, -0.25) is 0 Å². The average Bonchev–Trinajstić information content (AvgIpc) is 2.16. The van der Waals surface area contributed by atoms with Crippen LogP contribution in [0.2, 0.25) is 3.17 Å². The molecule has 0 nitrogen and oxygen atoms in total. The molecule has 0 bridgehead atoms. The third kappa shape index (κ3) is 10.9. The molecule has 0 heterocycles. The van der Waals surface area contributed by atoms with E-state index >= 15 is 0 Å². The average molecular weight is 192 g/mol. The quantitative estimate of drug-likeness (QED) is 0.373. The van der Waals surface area contributed by atoms with E-state index in [0.717, 1.165) is 3.17 Å². The van der Waals surface area contributed by atoms with Crippen LogP contribution in [0.1, 0.15) is 71.6 Å². The number of hydrogen-bond donors (Lipinski definition) is 0. The SMILES string of the molecule is CCCCCCCCC[CH]([Na])CC. The first kappa shape index (κ1) is 14.0.